The van der Waals surface area contributed by atoms with Crippen molar-refractivity contribution >= 4 is 44.6 Å². The normalized spacial score (nSPS) is 14.2. The second-order valence-corrected chi connectivity index (χ2v) is 9.13. The molecule has 0 atom stereocenters. The van der Waals surface area contributed by atoms with E-state index in [2.05, 4.69) is 5.32 Å². The topological polar surface area (TPSA) is 162 Å². The number of carbonyl (C=O) groups excluding carboxylic acids is 1. The van der Waals surface area contributed by atoms with Crippen molar-refractivity contribution in [3.8, 4) is 5.75 Å². The van der Waals surface area contributed by atoms with Crippen molar-refractivity contribution in [2.75, 3.05) is 25.0 Å². The molecule has 32 heavy (non-hydrogen) atoms. The summed E-state index contributed by atoms with van der Waals surface area (Å²) in [5.74, 6) is -1.14. The summed E-state index contributed by atoms with van der Waals surface area (Å²) in [6.07, 6.45) is 1.42. The molecule has 12 nitrogen and oxygen atoms in total. The lowest BCUT2D eigenvalue weighted by Gasteiger charge is -2.16. The first-order chi connectivity index (χ1) is 15.1. The van der Waals surface area contributed by atoms with Crippen LogP contribution >= 0.6 is 11.6 Å². The van der Waals surface area contributed by atoms with E-state index in [-0.39, 0.29) is 21.4 Å². The second kappa shape index (κ2) is 9.46. The van der Waals surface area contributed by atoms with E-state index >= 15 is 0 Å². The Kier molecular flexibility index (Phi) is 6.91. The third kappa shape index (κ3) is 5.12. The van der Waals surface area contributed by atoms with Gasteiger partial charge < -0.3 is 10.1 Å². The molecular formula is C18H17ClN4O8S. The van der Waals surface area contributed by atoms with Crippen LogP contribution < -0.4 is 10.1 Å². The third-order valence-corrected chi connectivity index (χ3v) is 6.75. The highest BCUT2D eigenvalue weighted by atomic mass is 35.5. The molecule has 1 amide bonds. The van der Waals surface area contributed by atoms with Crippen LogP contribution in [-0.4, -0.2) is 48.2 Å². The standard InChI is InChI=1S/C18H17ClN4O8S/c19-12-3-5-14(15(9-12)22(25)26)20-18(24)11-31-17-6-4-13(10-16(17)23(27)28)32(29,30)21-7-1-2-8-21/h3-6,9-10H,1-2,7-8,11H2,(H,20,24). The Morgan fingerprint density at radius 1 is 1.06 bits per heavy atom. The second-order valence-electron chi connectivity index (χ2n) is 6.75. The molecule has 3 rings (SSSR count). The molecule has 2 aromatic rings. The van der Waals surface area contributed by atoms with Crippen LogP contribution in [0.25, 0.3) is 0 Å². The van der Waals surface area contributed by atoms with Gasteiger partial charge in [0.15, 0.2) is 12.4 Å². The molecule has 1 fully saturated rings. The van der Waals surface area contributed by atoms with Crippen molar-refractivity contribution in [1.29, 1.82) is 0 Å². The van der Waals surface area contributed by atoms with E-state index in [1.807, 2.05) is 0 Å². The largest absolute Gasteiger partial charge is 0.477 e. The van der Waals surface area contributed by atoms with Gasteiger partial charge in [-0.2, -0.15) is 4.31 Å². The highest BCUT2D eigenvalue weighted by Gasteiger charge is 2.30. The molecule has 170 valence electrons. The maximum Gasteiger partial charge on any atom is 0.312 e. The zero-order valence-corrected chi connectivity index (χ0v) is 18.0. The Morgan fingerprint density at radius 3 is 2.34 bits per heavy atom. The SMILES string of the molecule is O=C(COc1ccc(S(=O)(=O)N2CCCC2)cc1[N+](=O)[O-])Nc1ccc(Cl)cc1[N+](=O)[O-]. The number of nitro groups is 2. The Labute approximate surface area is 187 Å². The predicted octanol–water partition coefficient (Wildman–Crippen LogP) is 2.96. The maximum atomic E-state index is 12.6. The first kappa shape index (κ1) is 23.4. The maximum absolute atomic E-state index is 12.6. The monoisotopic (exact) mass is 484 g/mol. The van der Waals surface area contributed by atoms with Crippen LogP contribution in [0.2, 0.25) is 5.02 Å². The first-order valence-corrected chi connectivity index (χ1v) is 11.1. The lowest BCUT2D eigenvalue weighted by molar-refractivity contribution is -0.386. The molecule has 0 unspecified atom stereocenters. The molecule has 0 aromatic heterocycles. The van der Waals surface area contributed by atoms with Gasteiger partial charge in [-0.1, -0.05) is 11.6 Å². The average Bonchev–Trinajstić information content (AvgIpc) is 3.29. The number of amides is 1. The number of carbonyl (C=O) groups is 1. The Hall–Kier alpha value is -3.29. The van der Waals surface area contributed by atoms with Gasteiger partial charge in [-0.15, -0.1) is 0 Å². The number of anilines is 1. The Balaban J connectivity index is 1.76. The number of nitro benzene ring substituents is 2. The summed E-state index contributed by atoms with van der Waals surface area (Å²) in [4.78, 5) is 32.9. The van der Waals surface area contributed by atoms with E-state index in [0.29, 0.717) is 25.9 Å². The zero-order valence-electron chi connectivity index (χ0n) is 16.4. The predicted molar refractivity (Wildman–Crippen MR) is 113 cm³/mol. The van der Waals surface area contributed by atoms with Gasteiger partial charge in [0.1, 0.15) is 5.69 Å². The molecule has 1 saturated heterocycles. The van der Waals surface area contributed by atoms with Crippen molar-refractivity contribution in [2.24, 2.45) is 0 Å². The fourth-order valence-corrected chi connectivity index (χ4v) is 4.80. The smallest absolute Gasteiger partial charge is 0.312 e. The van der Waals surface area contributed by atoms with E-state index in [1.165, 1.54) is 16.4 Å². The van der Waals surface area contributed by atoms with Crippen LogP contribution in [0.15, 0.2) is 41.3 Å². The van der Waals surface area contributed by atoms with E-state index in [1.54, 1.807) is 0 Å². The number of ether oxygens (including phenoxy) is 1. The molecule has 0 aliphatic carbocycles. The van der Waals surface area contributed by atoms with E-state index < -0.39 is 43.8 Å². The summed E-state index contributed by atoms with van der Waals surface area (Å²) >= 11 is 5.72. The molecule has 1 N–H and O–H groups in total. The van der Waals surface area contributed by atoms with Gasteiger partial charge in [0.2, 0.25) is 10.0 Å². The van der Waals surface area contributed by atoms with Crippen molar-refractivity contribution < 1.29 is 27.8 Å². The number of sulfonamides is 1. The first-order valence-electron chi connectivity index (χ1n) is 9.25. The summed E-state index contributed by atoms with van der Waals surface area (Å²) < 4.78 is 31.7. The van der Waals surface area contributed by atoms with E-state index in [0.717, 1.165) is 24.3 Å². The van der Waals surface area contributed by atoms with Gasteiger partial charge >= 0.3 is 5.69 Å². The molecule has 0 bridgehead atoms. The van der Waals surface area contributed by atoms with E-state index in [9.17, 15) is 33.4 Å². The fraction of sp³-hybridized carbons (Fsp3) is 0.278. The molecule has 14 heteroatoms. The highest BCUT2D eigenvalue weighted by molar-refractivity contribution is 7.89. The van der Waals surface area contributed by atoms with Gasteiger partial charge in [-0.25, -0.2) is 8.42 Å². The lowest BCUT2D eigenvalue weighted by Crippen LogP contribution is -2.28. The zero-order chi connectivity index (χ0) is 23.5. The summed E-state index contributed by atoms with van der Waals surface area (Å²) in [5, 5.41) is 24.9. The van der Waals surface area contributed by atoms with Crippen molar-refractivity contribution in [3.05, 3.63) is 61.6 Å². The van der Waals surface area contributed by atoms with E-state index in [4.69, 9.17) is 16.3 Å². The number of rotatable bonds is 8. The van der Waals surface area contributed by atoms with Gasteiger partial charge in [-0.05, 0) is 37.1 Å². The van der Waals surface area contributed by atoms with Crippen LogP contribution in [0, 0.1) is 20.2 Å². The summed E-state index contributed by atoms with van der Waals surface area (Å²) in [6, 6.07) is 6.78. The van der Waals surface area contributed by atoms with Crippen LogP contribution in [0.1, 0.15) is 12.8 Å². The highest BCUT2D eigenvalue weighted by Crippen LogP contribution is 2.32. The number of halogens is 1. The molecule has 0 spiro atoms. The minimum Gasteiger partial charge on any atom is -0.477 e. The van der Waals surface area contributed by atoms with Crippen LogP contribution in [0.5, 0.6) is 5.75 Å². The third-order valence-electron chi connectivity index (χ3n) is 4.62. The number of hydrogen-bond acceptors (Lipinski definition) is 8. The molecule has 0 radical (unpaired) electrons. The molecule has 1 aliphatic heterocycles. The molecular weight excluding hydrogens is 468 g/mol. The number of hydrogen-bond donors (Lipinski definition) is 1. The minimum absolute atomic E-state index is 0.102. The average molecular weight is 485 g/mol. The Morgan fingerprint density at radius 2 is 1.72 bits per heavy atom. The van der Waals surface area contributed by atoms with Crippen molar-refractivity contribution in [2.45, 2.75) is 17.7 Å². The molecule has 1 heterocycles. The fourth-order valence-electron chi connectivity index (χ4n) is 3.09. The number of nitrogens with zero attached hydrogens (tertiary/aromatic N) is 3. The number of benzene rings is 2. The summed E-state index contributed by atoms with van der Waals surface area (Å²) in [6.45, 7) is -0.0321. The van der Waals surface area contributed by atoms with Crippen LogP contribution in [0.3, 0.4) is 0 Å². The minimum atomic E-state index is -3.88. The molecule has 2 aromatic carbocycles. The quantitative estimate of drug-likeness (QED) is 0.441. The summed E-state index contributed by atoms with van der Waals surface area (Å²) in [5.41, 5.74) is -1.20. The number of nitrogens with one attached hydrogen (secondary N) is 1. The summed E-state index contributed by atoms with van der Waals surface area (Å²) in [7, 11) is -3.88. The van der Waals surface area contributed by atoms with Crippen molar-refractivity contribution in [1.82, 2.24) is 4.31 Å². The lowest BCUT2D eigenvalue weighted by atomic mass is 10.2. The van der Waals surface area contributed by atoms with Crippen molar-refractivity contribution in [3.63, 3.8) is 0 Å². The van der Waals surface area contributed by atoms with Gasteiger partial charge in [0, 0.05) is 30.2 Å². The van der Waals surface area contributed by atoms with Gasteiger partial charge in [0.25, 0.3) is 11.6 Å². The van der Waals surface area contributed by atoms with Crippen LogP contribution in [-0.2, 0) is 14.8 Å². The van der Waals surface area contributed by atoms with Gasteiger partial charge in [-0.3, -0.25) is 25.0 Å². The Bertz CT molecular complexity index is 1180. The molecule has 0 saturated carbocycles. The van der Waals surface area contributed by atoms with Crippen LogP contribution in [0.4, 0.5) is 17.1 Å². The molecule has 1 aliphatic rings. The van der Waals surface area contributed by atoms with Gasteiger partial charge in [0.05, 0.1) is 14.7 Å².